The molecule has 6 aromatic rings. The number of rotatable bonds is 6. The molecule has 0 aliphatic rings. The first kappa shape index (κ1) is 23.9. The van der Waals surface area contributed by atoms with Gasteiger partial charge in [0.2, 0.25) is 0 Å². The van der Waals surface area contributed by atoms with Crippen molar-refractivity contribution in [2.24, 2.45) is 7.05 Å². The van der Waals surface area contributed by atoms with Crippen LogP contribution in [-0.4, -0.2) is 29.9 Å². The van der Waals surface area contributed by atoms with E-state index in [1.54, 1.807) is 29.4 Å². The first-order chi connectivity index (χ1) is 19.0. The minimum Gasteiger partial charge on any atom is -0.338 e. The molecule has 0 fully saturated rings. The Morgan fingerprint density at radius 3 is 2.18 bits per heavy atom. The number of anilines is 3. The molecule has 0 saturated carbocycles. The predicted molar refractivity (Wildman–Crippen MR) is 152 cm³/mol. The number of hydrogen-bond donors (Lipinski definition) is 2. The van der Waals surface area contributed by atoms with Gasteiger partial charge < -0.3 is 10.6 Å². The van der Waals surface area contributed by atoms with Crippen molar-refractivity contribution in [2.75, 3.05) is 10.6 Å². The Labute approximate surface area is 224 Å². The van der Waals surface area contributed by atoms with E-state index in [0.29, 0.717) is 22.8 Å². The third-order valence-corrected chi connectivity index (χ3v) is 6.64. The largest absolute Gasteiger partial charge is 0.338 e. The first-order valence-corrected chi connectivity index (χ1v) is 12.4. The van der Waals surface area contributed by atoms with Crippen LogP contribution in [-0.2, 0) is 7.05 Å². The molecule has 6 rings (SSSR count). The first-order valence-electron chi connectivity index (χ1n) is 12.4. The Hall–Kier alpha value is -5.44. The fourth-order valence-electron chi connectivity index (χ4n) is 4.62. The topological polar surface area (TPSA) is 98.3 Å². The van der Waals surface area contributed by atoms with Crippen LogP contribution in [0.5, 0.6) is 0 Å². The monoisotopic (exact) mass is 515 g/mol. The fourth-order valence-corrected chi connectivity index (χ4v) is 4.62. The van der Waals surface area contributed by atoms with E-state index in [1.165, 1.54) is 4.68 Å². The van der Waals surface area contributed by atoms with E-state index in [2.05, 4.69) is 15.6 Å². The van der Waals surface area contributed by atoms with Gasteiger partial charge in [0.05, 0.1) is 17.1 Å². The van der Waals surface area contributed by atoms with Gasteiger partial charge in [-0.25, -0.2) is 14.2 Å². The van der Waals surface area contributed by atoms with Gasteiger partial charge in [-0.15, -0.1) is 5.10 Å². The van der Waals surface area contributed by atoms with Gasteiger partial charge in [0.25, 0.3) is 11.5 Å². The SMILES string of the molecule is Cc1c(NC(=O)c2c(Nc3ccccc3)nn3c(-c4ccccc4)ccnc23)c(=O)n(-c2ccccc2)n1C. The molecule has 9 nitrogen and oxygen atoms in total. The van der Waals surface area contributed by atoms with Crippen LogP contribution in [0.3, 0.4) is 0 Å². The third-order valence-electron chi connectivity index (χ3n) is 6.64. The smallest absolute Gasteiger partial charge is 0.295 e. The molecular formula is C30H25N7O2. The highest BCUT2D eigenvalue weighted by Crippen LogP contribution is 2.28. The number of nitrogens with zero attached hydrogens (tertiary/aromatic N) is 5. The molecule has 39 heavy (non-hydrogen) atoms. The van der Waals surface area contributed by atoms with E-state index < -0.39 is 5.91 Å². The van der Waals surface area contributed by atoms with Crippen molar-refractivity contribution in [3.8, 4) is 16.9 Å². The number of carbonyl (C=O) groups excluding carboxylic acids is 1. The molecule has 3 aromatic carbocycles. The highest BCUT2D eigenvalue weighted by molar-refractivity contribution is 6.12. The molecule has 0 saturated heterocycles. The van der Waals surface area contributed by atoms with E-state index >= 15 is 0 Å². The Morgan fingerprint density at radius 2 is 1.49 bits per heavy atom. The number of para-hydroxylation sites is 2. The molecule has 9 heteroatoms. The van der Waals surface area contributed by atoms with E-state index in [4.69, 9.17) is 5.10 Å². The summed E-state index contributed by atoms with van der Waals surface area (Å²) in [5, 5.41) is 10.9. The van der Waals surface area contributed by atoms with Crippen molar-refractivity contribution in [1.29, 1.82) is 0 Å². The lowest BCUT2D eigenvalue weighted by Crippen LogP contribution is -2.23. The minimum absolute atomic E-state index is 0.190. The summed E-state index contributed by atoms with van der Waals surface area (Å²) in [4.78, 5) is 31.9. The second-order valence-electron chi connectivity index (χ2n) is 9.04. The van der Waals surface area contributed by atoms with Crippen LogP contribution in [0.2, 0.25) is 0 Å². The number of carbonyl (C=O) groups is 1. The second kappa shape index (κ2) is 9.79. The Balaban J connectivity index is 1.48. The van der Waals surface area contributed by atoms with Crippen LogP contribution in [0.4, 0.5) is 17.2 Å². The molecule has 192 valence electrons. The summed E-state index contributed by atoms with van der Waals surface area (Å²) in [5.74, 6) is -0.168. The van der Waals surface area contributed by atoms with Crippen LogP contribution < -0.4 is 16.2 Å². The normalized spacial score (nSPS) is 11.0. The molecule has 2 N–H and O–H groups in total. The molecule has 1 amide bonds. The fraction of sp³-hybridized carbons (Fsp3) is 0.0667. The van der Waals surface area contributed by atoms with Gasteiger partial charge in [-0.05, 0) is 37.3 Å². The van der Waals surface area contributed by atoms with Crippen molar-refractivity contribution in [3.05, 3.63) is 125 Å². The number of benzene rings is 3. The lowest BCUT2D eigenvalue weighted by atomic mass is 10.1. The molecule has 0 aliphatic carbocycles. The van der Waals surface area contributed by atoms with Crippen molar-refractivity contribution >= 4 is 28.7 Å². The maximum absolute atomic E-state index is 13.9. The van der Waals surface area contributed by atoms with Crippen molar-refractivity contribution in [2.45, 2.75) is 6.92 Å². The number of amides is 1. The summed E-state index contributed by atoms with van der Waals surface area (Å²) in [6.07, 6.45) is 1.65. The zero-order valence-electron chi connectivity index (χ0n) is 21.4. The van der Waals surface area contributed by atoms with Crippen molar-refractivity contribution < 1.29 is 4.79 Å². The average molecular weight is 516 g/mol. The zero-order valence-corrected chi connectivity index (χ0v) is 21.4. The van der Waals surface area contributed by atoms with Crippen LogP contribution in [0.15, 0.2) is 108 Å². The van der Waals surface area contributed by atoms with Gasteiger partial charge in [-0.3, -0.25) is 14.3 Å². The summed E-state index contributed by atoms with van der Waals surface area (Å²) < 4.78 is 4.89. The molecule has 0 atom stereocenters. The number of hydrogen-bond acceptors (Lipinski definition) is 5. The number of aromatic nitrogens is 5. The van der Waals surface area contributed by atoms with Crippen molar-refractivity contribution in [3.63, 3.8) is 0 Å². The van der Waals surface area contributed by atoms with Crippen LogP contribution in [0.25, 0.3) is 22.6 Å². The standard InChI is InChI=1S/C30H25N7O2/c1-20-26(30(39)37(35(20)2)23-16-10-5-11-17-23)33-29(38)25-27(32-22-14-8-4-9-15-22)34-36-24(18-19-31-28(25)36)21-12-6-3-7-13-21/h3-19H,1-2H3,(H,32,34)(H,33,38). The summed E-state index contributed by atoms with van der Waals surface area (Å²) in [6, 6.07) is 30.4. The Bertz CT molecular complexity index is 1850. The third kappa shape index (κ3) is 4.25. The average Bonchev–Trinajstić information content (AvgIpc) is 3.44. The maximum atomic E-state index is 13.9. The Morgan fingerprint density at radius 1 is 0.846 bits per heavy atom. The predicted octanol–water partition coefficient (Wildman–Crippen LogP) is 5.19. The van der Waals surface area contributed by atoms with Crippen LogP contribution in [0.1, 0.15) is 16.1 Å². The minimum atomic E-state index is -0.493. The van der Waals surface area contributed by atoms with E-state index in [1.807, 2.05) is 97.1 Å². The second-order valence-corrected chi connectivity index (χ2v) is 9.04. The molecule has 3 heterocycles. The molecule has 0 unspecified atom stereocenters. The molecular weight excluding hydrogens is 490 g/mol. The lowest BCUT2D eigenvalue weighted by molar-refractivity contribution is 0.102. The molecule has 3 aromatic heterocycles. The van der Waals surface area contributed by atoms with Crippen LogP contribution >= 0.6 is 0 Å². The maximum Gasteiger partial charge on any atom is 0.295 e. The van der Waals surface area contributed by atoms with Crippen LogP contribution in [0, 0.1) is 6.92 Å². The molecule has 0 spiro atoms. The Kier molecular flexibility index (Phi) is 6.01. The summed E-state index contributed by atoms with van der Waals surface area (Å²) in [6.45, 7) is 1.79. The van der Waals surface area contributed by atoms with E-state index in [0.717, 1.165) is 16.9 Å². The van der Waals surface area contributed by atoms with Gasteiger partial charge in [0.15, 0.2) is 11.5 Å². The van der Waals surface area contributed by atoms with E-state index in [-0.39, 0.29) is 16.8 Å². The quantitative estimate of drug-likeness (QED) is 0.318. The molecule has 0 bridgehead atoms. The highest BCUT2D eigenvalue weighted by atomic mass is 16.2. The van der Waals surface area contributed by atoms with Crippen molar-refractivity contribution in [1.82, 2.24) is 24.0 Å². The van der Waals surface area contributed by atoms with Gasteiger partial charge in [0, 0.05) is 24.5 Å². The number of fused-ring (bicyclic) bond motifs is 1. The van der Waals surface area contributed by atoms with Gasteiger partial charge >= 0.3 is 0 Å². The highest BCUT2D eigenvalue weighted by Gasteiger charge is 2.26. The summed E-state index contributed by atoms with van der Waals surface area (Å²) >= 11 is 0. The lowest BCUT2D eigenvalue weighted by Gasteiger charge is -2.07. The number of nitrogens with one attached hydrogen (secondary N) is 2. The molecule has 0 aliphatic heterocycles. The van der Waals surface area contributed by atoms with E-state index in [9.17, 15) is 9.59 Å². The zero-order chi connectivity index (χ0) is 26.9. The van der Waals surface area contributed by atoms with Gasteiger partial charge in [-0.2, -0.15) is 0 Å². The summed E-state index contributed by atoms with van der Waals surface area (Å²) in [5.41, 5.74) is 4.23. The van der Waals surface area contributed by atoms with Gasteiger partial charge in [0.1, 0.15) is 11.3 Å². The van der Waals surface area contributed by atoms with Gasteiger partial charge in [-0.1, -0.05) is 66.7 Å². The summed E-state index contributed by atoms with van der Waals surface area (Å²) in [7, 11) is 1.78. The molecule has 0 radical (unpaired) electrons.